The SMILES string of the molecule is Cc1cc(Cl)nc2cc3c(cc12)OC(C)(C)C(Br)C3O. The van der Waals surface area contributed by atoms with Crippen LogP contribution in [-0.4, -0.2) is 20.5 Å². The van der Waals surface area contributed by atoms with Crippen LogP contribution in [0.3, 0.4) is 0 Å². The highest BCUT2D eigenvalue weighted by Gasteiger charge is 2.41. The minimum atomic E-state index is -0.640. The van der Waals surface area contributed by atoms with E-state index in [0.717, 1.165) is 22.0 Å². The smallest absolute Gasteiger partial charge is 0.130 e. The zero-order valence-electron chi connectivity index (χ0n) is 11.4. The number of aromatic nitrogens is 1. The highest BCUT2D eigenvalue weighted by molar-refractivity contribution is 9.09. The quantitative estimate of drug-likeness (QED) is 0.569. The first-order valence-corrected chi connectivity index (χ1v) is 7.71. The number of halogens is 2. The van der Waals surface area contributed by atoms with Gasteiger partial charge in [-0.05, 0) is 44.5 Å². The molecular formula is C15H15BrClNO2. The van der Waals surface area contributed by atoms with E-state index in [1.54, 1.807) is 0 Å². The Morgan fingerprint density at radius 3 is 2.75 bits per heavy atom. The highest BCUT2D eigenvalue weighted by atomic mass is 79.9. The molecule has 0 radical (unpaired) electrons. The highest BCUT2D eigenvalue weighted by Crippen LogP contribution is 2.44. The number of alkyl halides is 1. The predicted molar refractivity (Wildman–Crippen MR) is 83.9 cm³/mol. The number of ether oxygens (including phenoxy) is 1. The Bertz CT molecular complexity index is 702. The zero-order chi connectivity index (χ0) is 14.7. The first-order valence-electron chi connectivity index (χ1n) is 6.41. The average Bonchev–Trinajstić information content (AvgIpc) is 2.35. The summed E-state index contributed by atoms with van der Waals surface area (Å²) in [5.74, 6) is 0.706. The molecule has 106 valence electrons. The van der Waals surface area contributed by atoms with E-state index in [-0.39, 0.29) is 4.83 Å². The number of hydrogen-bond donors (Lipinski definition) is 1. The number of benzene rings is 1. The molecular weight excluding hydrogens is 342 g/mol. The molecule has 20 heavy (non-hydrogen) atoms. The van der Waals surface area contributed by atoms with Crippen molar-refractivity contribution in [1.29, 1.82) is 0 Å². The molecule has 5 heteroatoms. The van der Waals surface area contributed by atoms with Crippen LogP contribution >= 0.6 is 27.5 Å². The summed E-state index contributed by atoms with van der Waals surface area (Å²) in [6.45, 7) is 5.89. The van der Waals surface area contributed by atoms with Gasteiger partial charge in [-0.2, -0.15) is 0 Å². The van der Waals surface area contributed by atoms with Crippen LogP contribution in [0.2, 0.25) is 5.15 Å². The maximum absolute atomic E-state index is 10.5. The van der Waals surface area contributed by atoms with E-state index in [0.29, 0.717) is 10.9 Å². The van der Waals surface area contributed by atoms with E-state index in [1.165, 1.54) is 0 Å². The van der Waals surface area contributed by atoms with Crippen LogP contribution in [0, 0.1) is 6.92 Å². The second-order valence-electron chi connectivity index (χ2n) is 5.72. The first-order chi connectivity index (χ1) is 9.29. The lowest BCUT2D eigenvalue weighted by Gasteiger charge is -2.40. The molecule has 1 aromatic heterocycles. The van der Waals surface area contributed by atoms with Gasteiger partial charge in [0, 0.05) is 10.9 Å². The van der Waals surface area contributed by atoms with Crippen molar-refractivity contribution in [3.05, 3.63) is 34.5 Å². The van der Waals surface area contributed by atoms with Gasteiger partial charge >= 0.3 is 0 Å². The third-order valence-electron chi connectivity index (χ3n) is 3.75. The number of aliphatic hydroxyl groups is 1. The summed E-state index contributed by atoms with van der Waals surface area (Å²) in [7, 11) is 0. The van der Waals surface area contributed by atoms with E-state index in [2.05, 4.69) is 20.9 Å². The molecule has 0 fully saturated rings. The molecule has 3 rings (SSSR count). The van der Waals surface area contributed by atoms with Gasteiger partial charge in [0.1, 0.15) is 16.5 Å². The standard InChI is InChI=1S/C15H15BrClNO2/c1-7-4-12(17)18-10-5-9-11(6-8(7)10)20-15(2,3)14(16)13(9)19/h4-6,13-14,19H,1-3H3. The molecule has 3 nitrogen and oxygen atoms in total. The second-order valence-corrected chi connectivity index (χ2v) is 7.09. The predicted octanol–water partition coefficient (Wildman–Crippen LogP) is 4.16. The molecule has 1 aliphatic heterocycles. The monoisotopic (exact) mass is 355 g/mol. The van der Waals surface area contributed by atoms with Crippen molar-refractivity contribution >= 4 is 38.4 Å². The largest absolute Gasteiger partial charge is 0.486 e. The lowest BCUT2D eigenvalue weighted by atomic mass is 9.90. The Morgan fingerprint density at radius 1 is 1.35 bits per heavy atom. The summed E-state index contributed by atoms with van der Waals surface area (Å²) in [5, 5.41) is 11.9. The summed E-state index contributed by atoms with van der Waals surface area (Å²) in [6, 6.07) is 5.62. The Morgan fingerprint density at radius 2 is 2.05 bits per heavy atom. The molecule has 0 spiro atoms. The van der Waals surface area contributed by atoms with Gasteiger partial charge in [0.2, 0.25) is 0 Å². The lowest BCUT2D eigenvalue weighted by Crippen LogP contribution is -2.45. The number of aryl methyl sites for hydroxylation is 1. The van der Waals surface area contributed by atoms with Crippen LogP contribution in [0.4, 0.5) is 0 Å². The van der Waals surface area contributed by atoms with Gasteiger partial charge in [0.15, 0.2) is 0 Å². The molecule has 0 amide bonds. The molecule has 2 aromatic rings. The number of rotatable bonds is 0. The van der Waals surface area contributed by atoms with E-state index in [4.69, 9.17) is 16.3 Å². The van der Waals surface area contributed by atoms with Crippen LogP contribution < -0.4 is 4.74 Å². The molecule has 2 unspecified atom stereocenters. The number of pyridine rings is 1. The van der Waals surface area contributed by atoms with Crippen molar-refractivity contribution < 1.29 is 9.84 Å². The maximum Gasteiger partial charge on any atom is 0.130 e. The minimum absolute atomic E-state index is 0.180. The third kappa shape index (κ3) is 2.10. The van der Waals surface area contributed by atoms with Gasteiger partial charge in [-0.3, -0.25) is 0 Å². The summed E-state index contributed by atoms with van der Waals surface area (Å²) in [5.41, 5.74) is 2.08. The Hall–Kier alpha value is -0.840. The van der Waals surface area contributed by atoms with E-state index in [9.17, 15) is 5.11 Å². The van der Waals surface area contributed by atoms with Crippen molar-refractivity contribution in [3.63, 3.8) is 0 Å². The number of hydrogen-bond acceptors (Lipinski definition) is 3. The average molecular weight is 357 g/mol. The Kier molecular flexibility index (Phi) is 3.23. The fourth-order valence-corrected chi connectivity index (χ4v) is 3.23. The van der Waals surface area contributed by atoms with Crippen molar-refractivity contribution in [2.75, 3.05) is 0 Å². The molecule has 0 saturated carbocycles. The molecule has 1 N–H and O–H groups in total. The minimum Gasteiger partial charge on any atom is -0.486 e. The normalized spacial score (nSPS) is 24.3. The zero-order valence-corrected chi connectivity index (χ0v) is 13.8. The van der Waals surface area contributed by atoms with Gasteiger partial charge in [0.05, 0.1) is 16.4 Å². The van der Waals surface area contributed by atoms with Crippen LogP contribution in [0.15, 0.2) is 18.2 Å². The fourth-order valence-electron chi connectivity index (χ4n) is 2.59. The van der Waals surface area contributed by atoms with Gasteiger partial charge in [-0.15, -0.1) is 0 Å². The molecule has 1 aromatic carbocycles. The van der Waals surface area contributed by atoms with Crippen molar-refractivity contribution in [2.24, 2.45) is 0 Å². The fraction of sp³-hybridized carbons (Fsp3) is 0.400. The van der Waals surface area contributed by atoms with E-state index >= 15 is 0 Å². The molecule has 0 saturated heterocycles. The van der Waals surface area contributed by atoms with Gasteiger partial charge in [-0.25, -0.2) is 4.98 Å². The summed E-state index contributed by atoms with van der Waals surface area (Å²) in [4.78, 5) is 4.14. The van der Waals surface area contributed by atoms with Crippen LogP contribution in [-0.2, 0) is 0 Å². The van der Waals surface area contributed by atoms with Crippen molar-refractivity contribution in [1.82, 2.24) is 4.98 Å². The van der Waals surface area contributed by atoms with Crippen molar-refractivity contribution in [3.8, 4) is 5.75 Å². The molecule has 0 bridgehead atoms. The third-order valence-corrected chi connectivity index (χ3v) is 5.55. The van der Waals surface area contributed by atoms with Crippen LogP contribution in [0.1, 0.15) is 31.1 Å². The Balaban J connectivity index is 2.27. The summed E-state index contributed by atoms with van der Waals surface area (Å²) >= 11 is 9.52. The first kappa shape index (κ1) is 14.1. The topological polar surface area (TPSA) is 42.4 Å². The van der Waals surface area contributed by atoms with E-state index in [1.807, 2.05) is 39.0 Å². The lowest BCUT2D eigenvalue weighted by molar-refractivity contribution is 0.0228. The summed E-state index contributed by atoms with van der Waals surface area (Å²) < 4.78 is 6.03. The number of nitrogens with zero attached hydrogens (tertiary/aromatic N) is 1. The van der Waals surface area contributed by atoms with Gasteiger partial charge in [-0.1, -0.05) is 27.5 Å². The van der Waals surface area contributed by atoms with E-state index < -0.39 is 11.7 Å². The van der Waals surface area contributed by atoms with Gasteiger partial charge in [0.25, 0.3) is 0 Å². The van der Waals surface area contributed by atoms with Gasteiger partial charge < -0.3 is 9.84 Å². The molecule has 1 aliphatic rings. The van der Waals surface area contributed by atoms with Crippen molar-refractivity contribution in [2.45, 2.75) is 37.3 Å². The molecule has 2 heterocycles. The summed E-state index contributed by atoms with van der Waals surface area (Å²) in [6.07, 6.45) is -0.640. The molecule has 2 atom stereocenters. The van der Waals surface area contributed by atoms with Crippen LogP contribution in [0.25, 0.3) is 10.9 Å². The number of fused-ring (bicyclic) bond motifs is 2. The Labute approximate surface area is 131 Å². The maximum atomic E-state index is 10.5. The second kappa shape index (κ2) is 4.58. The number of aliphatic hydroxyl groups excluding tert-OH is 1. The molecule has 0 aliphatic carbocycles. The van der Waals surface area contributed by atoms with Crippen LogP contribution in [0.5, 0.6) is 5.75 Å².